The topological polar surface area (TPSA) is 36.7 Å². The Kier molecular flexibility index (Phi) is 2.47. The molecule has 0 atom stereocenters. The molecule has 0 bridgehead atoms. The van der Waals surface area contributed by atoms with Crippen LogP contribution >= 0.6 is 0 Å². The molecule has 0 saturated heterocycles. The number of pyridine rings is 1. The molecule has 2 rings (SSSR count). The lowest BCUT2D eigenvalue weighted by molar-refractivity contribution is 1.20. The average Bonchev–Trinajstić information content (AvgIpc) is 2.29. The van der Waals surface area contributed by atoms with Gasteiger partial charge in [-0.25, -0.2) is 0 Å². The summed E-state index contributed by atoms with van der Waals surface area (Å²) in [6.45, 7) is 1.90. The zero-order valence-electron chi connectivity index (χ0n) is 8.44. The molecule has 0 unspecified atom stereocenters. The van der Waals surface area contributed by atoms with Gasteiger partial charge in [0.1, 0.15) is 0 Å². The summed E-state index contributed by atoms with van der Waals surface area (Å²) in [6, 6.07) is 15.6. The Morgan fingerprint density at radius 2 is 1.87 bits per heavy atom. The van der Waals surface area contributed by atoms with E-state index in [1.807, 2.05) is 43.3 Å². The predicted octanol–water partition coefficient (Wildman–Crippen LogP) is 2.93. The van der Waals surface area contributed by atoms with Crippen molar-refractivity contribution < 1.29 is 0 Å². The minimum absolute atomic E-state index is 0.654. The summed E-state index contributed by atoms with van der Waals surface area (Å²) in [5.41, 5.74) is 3.42. The molecule has 2 nitrogen and oxygen atoms in total. The fourth-order valence-electron chi connectivity index (χ4n) is 1.49. The third kappa shape index (κ3) is 2.03. The molecule has 1 aromatic carbocycles. The van der Waals surface area contributed by atoms with Gasteiger partial charge >= 0.3 is 0 Å². The van der Waals surface area contributed by atoms with Crippen LogP contribution in [0.15, 0.2) is 42.5 Å². The summed E-state index contributed by atoms with van der Waals surface area (Å²) in [4.78, 5) is 4.40. The van der Waals surface area contributed by atoms with E-state index in [-0.39, 0.29) is 0 Å². The van der Waals surface area contributed by atoms with Gasteiger partial charge in [-0.2, -0.15) is 5.26 Å². The van der Waals surface area contributed by atoms with Crippen molar-refractivity contribution in [2.45, 2.75) is 6.92 Å². The number of nitrogens with zero attached hydrogens (tertiary/aromatic N) is 2. The molecule has 0 N–H and O–H groups in total. The molecule has 15 heavy (non-hydrogen) atoms. The van der Waals surface area contributed by atoms with Crippen molar-refractivity contribution in [2.75, 3.05) is 0 Å². The Bertz CT molecular complexity index is 510. The van der Waals surface area contributed by atoms with Crippen molar-refractivity contribution in [1.29, 1.82) is 5.26 Å². The number of hydrogen-bond acceptors (Lipinski definition) is 2. The lowest BCUT2D eigenvalue weighted by Crippen LogP contribution is -1.88. The Morgan fingerprint density at radius 1 is 1.13 bits per heavy atom. The van der Waals surface area contributed by atoms with Crippen molar-refractivity contribution in [3.8, 4) is 17.3 Å². The Hall–Kier alpha value is -2.14. The van der Waals surface area contributed by atoms with Gasteiger partial charge in [0.05, 0.1) is 17.3 Å². The van der Waals surface area contributed by atoms with Crippen LogP contribution in [0.2, 0.25) is 0 Å². The van der Waals surface area contributed by atoms with E-state index < -0.39 is 0 Å². The van der Waals surface area contributed by atoms with E-state index in [0.717, 1.165) is 17.0 Å². The Balaban J connectivity index is 2.55. The highest BCUT2D eigenvalue weighted by Gasteiger charge is 2.01. The van der Waals surface area contributed by atoms with Crippen LogP contribution in [-0.2, 0) is 0 Å². The van der Waals surface area contributed by atoms with Crippen LogP contribution in [-0.4, -0.2) is 4.98 Å². The summed E-state index contributed by atoms with van der Waals surface area (Å²) in [7, 11) is 0. The van der Waals surface area contributed by atoms with Gasteiger partial charge in [0.25, 0.3) is 0 Å². The second kappa shape index (κ2) is 3.93. The third-order valence-electron chi connectivity index (χ3n) is 2.15. The largest absolute Gasteiger partial charge is 0.253 e. The average molecular weight is 194 g/mol. The molecule has 0 saturated carbocycles. The summed E-state index contributed by atoms with van der Waals surface area (Å²) in [5.74, 6) is 0. The maximum absolute atomic E-state index is 8.86. The van der Waals surface area contributed by atoms with Crippen molar-refractivity contribution in [1.82, 2.24) is 4.98 Å². The van der Waals surface area contributed by atoms with Crippen molar-refractivity contribution in [3.63, 3.8) is 0 Å². The Morgan fingerprint density at radius 3 is 2.53 bits per heavy atom. The molecule has 0 aliphatic heterocycles. The number of aryl methyl sites for hydroxylation is 1. The van der Waals surface area contributed by atoms with Gasteiger partial charge in [0.15, 0.2) is 0 Å². The van der Waals surface area contributed by atoms with E-state index >= 15 is 0 Å². The predicted molar refractivity (Wildman–Crippen MR) is 59.1 cm³/mol. The van der Waals surface area contributed by atoms with Crippen molar-refractivity contribution in [3.05, 3.63) is 53.7 Å². The lowest BCUT2D eigenvalue weighted by Gasteiger charge is -2.02. The highest BCUT2D eigenvalue weighted by Crippen LogP contribution is 2.18. The van der Waals surface area contributed by atoms with Crippen molar-refractivity contribution >= 4 is 0 Å². The first-order valence-corrected chi connectivity index (χ1v) is 4.74. The maximum atomic E-state index is 8.86. The zero-order chi connectivity index (χ0) is 10.7. The van der Waals surface area contributed by atoms with Gasteiger partial charge in [-0.1, -0.05) is 30.3 Å². The first-order valence-electron chi connectivity index (χ1n) is 4.74. The molecule has 0 aliphatic carbocycles. The standard InChI is InChI=1S/C13H10N2/c1-10-7-11(9-14)8-13(15-10)12-5-3-2-4-6-12/h2-8H,1H3. The minimum Gasteiger partial charge on any atom is -0.253 e. The molecule has 72 valence electrons. The molecule has 2 aromatic rings. The summed E-state index contributed by atoms with van der Waals surface area (Å²) < 4.78 is 0. The smallest absolute Gasteiger partial charge is 0.0993 e. The molecule has 0 radical (unpaired) electrons. The molecule has 1 heterocycles. The highest BCUT2D eigenvalue weighted by molar-refractivity contribution is 5.61. The van der Waals surface area contributed by atoms with Crippen LogP contribution in [0, 0.1) is 18.3 Å². The molecule has 2 heteroatoms. The number of nitriles is 1. The van der Waals surface area contributed by atoms with Gasteiger partial charge < -0.3 is 0 Å². The first kappa shape index (κ1) is 9.42. The number of hydrogen-bond donors (Lipinski definition) is 0. The fourth-order valence-corrected chi connectivity index (χ4v) is 1.49. The van der Waals surface area contributed by atoms with Crippen molar-refractivity contribution in [2.24, 2.45) is 0 Å². The van der Waals surface area contributed by atoms with Gasteiger partial charge in [-0.15, -0.1) is 0 Å². The molecular formula is C13H10N2. The molecule has 0 amide bonds. The van der Waals surface area contributed by atoms with Crippen LogP contribution in [0.5, 0.6) is 0 Å². The quantitative estimate of drug-likeness (QED) is 0.699. The lowest BCUT2D eigenvalue weighted by atomic mass is 10.1. The number of aromatic nitrogens is 1. The van der Waals surface area contributed by atoms with E-state index in [0.29, 0.717) is 5.56 Å². The first-order chi connectivity index (χ1) is 7.29. The molecular weight excluding hydrogens is 184 g/mol. The van der Waals surface area contributed by atoms with Crippen LogP contribution in [0.4, 0.5) is 0 Å². The maximum Gasteiger partial charge on any atom is 0.0993 e. The van der Waals surface area contributed by atoms with E-state index in [9.17, 15) is 0 Å². The second-order valence-corrected chi connectivity index (χ2v) is 3.36. The van der Waals surface area contributed by atoms with Crippen LogP contribution in [0.1, 0.15) is 11.3 Å². The van der Waals surface area contributed by atoms with E-state index in [1.54, 1.807) is 6.07 Å². The fraction of sp³-hybridized carbons (Fsp3) is 0.0769. The van der Waals surface area contributed by atoms with E-state index in [1.165, 1.54) is 0 Å². The third-order valence-corrected chi connectivity index (χ3v) is 2.15. The zero-order valence-corrected chi connectivity index (χ0v) is 8.44. The summed E-state index contributed by atoms with van der Waals surface area (Å²) >= 11 is 0. The van der Waals surface area contributed by atoms with E-state index in [2.05, 4.69) is 11.1 Å². The van der Waals surface area contributed by atoms with E-state index in [4.69, 9.17) is 5.26 Å². The number of rotatable bonds is 1. The van der Waals surface area contributed by atoms with Gasteiger partial charge in [0, 0.05) is 11.3 Å². The highest BCUT2D eigenvalue weighted by atomic mass is 14.7. The Labute approximate surface area is 88.8 Å². The van der Waals surface area contributed by atoms with Gasteiger partial charge in [-0.05, 0) is 19.1 Å². The molecule has 0 fully saturated rings. The minimum atomic E-state index is 0.654. The monoisotopic (exact) mass is 194 g/mol. The normalized spacial score (nSPS) is 9.60. The van der Waals surface area contributed by atoms with Gasteiger partial charge in [0.2, 0.25) is 0 Å². The summed E-state index contributed by atoms with van der Waals surface area (Å²) in [6.07, 6.45) is 0. The molecule has 0 aliphatic rings. The summed E-state index contributed by atoms with van der Waals surface area (Å²) in [5, 5.41) is 8.86. The SMILES string of the molecule is Cc1cc(C#N)cc(-c2ccccc2)n1. The second-order valence-electron chi connectivity index (χ2n) is 3.36. The van der Waals surface area contributed by atoms with Gasteiger partial charge in [-0.3, -0.25) is 4.98 Å². The number of benzene rings is 1. The van der Waals surface area contributed by atoms with Crippen LogP contribution in [0.3, 0.4) is 0 Å². The van der Waals surface area contributed by atoms with Crippen LogP contribution in [0.25, 0.3) is 11.3 Å². The molecule has 0 spiro atoms. The van der Waals surface area contributed by atoms with Crippen LogP contribution < -0.4 is 0 Å². The molecule has 1 aromatic heterocycles.